The van der Waals surface area contributed by atoms with Crippen molar-refractivity contribution in [1.29, 1.82) is 0 Å². The van der Waals surface area contributed by atoms with Gasteiger partial charge in [0, 0.05) is 21.9 Å². The number of hydrogen-bond donors (Lipinski definition) is 1. The number of aromatic amines is 1. The smallest absolute Gasteiger partial charge is 0.0544 e. The number of fused-ring (bicyclic) bond motifs is 6. The second-order valence-corrected chi connectivity index (χ2v) is 10.2. The van der Waals surface area contributed by atoms with E-state index in [1.165, 1.54) is 77.4 Å². The van der Waals surface area contributed by atoms with Crippen LogP contribution < -0.4 is 0 Å². The summed E-state index contributed by atoms with van der Waals surface area (Å²) in [5.74, 6) is 0. The van der Waals surface area contributed by atoms with Crippen LogP contribution in [-0.4, -0.2) is 4.98 Å². The third kappa shape index (κ3) is 3.12. The van der Waals surface area contributed by atoms with Crippen LogP contribution in [0.25, 0.3) is 66.3 Å². The molecular formula is C37H25N. The van der Waals surface area contributed by atoms with Gasteiger partial charge in [-0.25, -0.2) is 0 Å². The summed E-state index contributed by atoms with van der Waals surface area (Å²) >= 11 is 0. The number of H-pyrrole nitrogens is 1. The van der Waals surface area contributed by atoms with E-state index in [1.807, 2.05) is 0 Å². The average molecular weight is 484 g/mol. The Morgan fingerprint density at radius 3 is 1.95 bits per heavy atom. The van der Waals surface area contributed by atoms with Crippen molar-refractivity contribution in [1.82, 2.24) is 4.98 Å². The lowest BCUT2D eigenvalue weighted by Gasteiger charge is -2.21. The standard InChI is InChI=1S/C37H25N/c1-3-12-24(13-4-1)31-23-32-27-17-8-7-16-26(27)22-33(32)36(35(31)25-14-5-2-6-15-25)30-20-11-19-29-28-18-9-10-21-34(28)38-37(29)30/h1-21,23,38H,22H2. The van der Waals surface area contributed by atoms with Crippen molar-refractivity contribution in [3.05, 3.63) is 145 Å². The van der Waals surface area contributed by atoms with Gasteiger partial charge < -0.3 is 4.98 Å². The summed E-state index contributed by atoms with van der Waals surface area (Å²) in [6.45, 7) is 0. The lowest BCUT2D eigenvalue weighted by molar-refractivity contribution is 1.26. The van der Waals surface area contributed by atoms with Crippen molar-refractivity contribution in [3.63, 3.8) is 0 Å². The third-order valence-corrected chi connectivity index (χ3v) is 8.07. The molecule has 0 aliphatic heterocycles. The second kappa shape index (κ2) is 8.33. The van der Waals surface area contributed by atoms with Crippen molar-refractivity contribution >= 4 is 21.8 Å². The van der Waals surface area contributed by atoms with Crippen LogP contribution in [0.15, 0.2) is 133 Å². The molecule has 0 spiro atoms. The highest BCUT2D eigenvalue weighted by molar-refractivity contribution is 6.14. The highest BCUT2D eigenvalue weighted by Gasteiger charge is 2.28. The highest BCUT2D eigenvalue weighted by Crippen LogP contribution is 2.51. The first-order valence-electron chi connectivity index (χ1n) is 13.3. The molecule has 178 valence electrons. The first-order valence-corrected chi connectivity index (χ1v) is 13.3. The van der Waals surface area contributed by atoms with Crippen LogP contribution in [0, 0.1) is 0 Å². The van der Waals surface area contributed by atoms with Crippen LogP contribution in [0.1, 0.15) is 11.1 Å². The molecule has 1 N–H and O–H groups in total. The maximum atomic E-state index is 3.80. The van der Waals surface area contributed by atoms with Crippen molar-refractivity contribution in [2.24, 2.45) is 0 Å². The van der Waals surface area contributed by atoms with Gasteiger partial charge in [0.05, 0.1) is 5.52 Å². The van der Waals surface area contributed by atoms with Crippen molar-refractivity contribution in [3.8, 4) is 44.5 Å². The SMILES string of the molecule is c1ccc(-c2cc3c(c(-c4cccc5c4[nH]c4ccccc45)c2-c2ccccc2)Cc2ccccc2-3)cc1. The van der Waals surface area contributed by atoms with E-state index in [2.05, 4.69) is 138 Å². The number of rotatable bonds is 3. The van der Waals surface area contributed by atoms with Crippen LogP contribution in [0.5, 0.6) is 0 Å². The molecule has 7 aromatic rings. The van der Waals surface area contributed by atoms with Crippen LogP contribution in [0.4, 0.5) is 0 Å². The quantitative estimate of drug-likeness (QED) is 0.257. The number of aromatic nitrogens is 1. The molecule has 1 nitrogen and oxygen atoms in total. The lowest BCUT2D eigenvalue weighted by atomic mass is 9.82. The summed E-state index contributed by atoms with van der Waals surface area (Å²) in [5, 5.41) is 2.54. The fraction of sp³-hybridized carbons (Fsp3) is 0.0270. The molecule has 6 aromatic carbocycles. The fourth-order valence-electron chi connectivity index (χ4n) is 6.40. The van der Waals surface area contributed by atoms with E-state index in [0.29, 0.717) is 0 Å². The summed E-state index contributed by atoms with van der Waals surface area (Å²) in [5.41, 5.74) is 15.5. The Morgan fingerprint density at radius 2 is 1.11 bits per heavy atom. The highest BCUT2D eigenvalue weighted by atomic mass is 14.7. The van der Waals surface area contributed by atoms with Crippen LogP contribution in [-0.2, 0) is 6.42 Å². The maximum absolute atomic E-state index is 3.80. The summed E-state index contributed by atoms with van der Waals surface area (Å²) in [7, 11) is 0. The summed E-state index contributed by atoms with van der Waals surface area (Å²) in [6.07, 6.45) is 0.937. The van der Waals surface area contributed by atoms with Crippen LogP contribution in [0.2, 0.25) is 0 Å². The minimum atomic E-state index is 0.937. The Labute approximate surface area is 222 Å². The maximum Gasteiger partial charge on any atom is 0.0544 e. The van der Waals surface area contributed by atoms with E-state index in [1.54, 1.807) is 0 Å². The molecule has 0 bridgehead atoms. The van der Waals surface area contributed by atoms with E-state index in [0.717, 1.165) is 6.42 Å². The van der Waals surface area contributed by atoms with Gasteiger partial charge in [-0.15, -0.1) is 0 Å². The Hall–Kier alpha value is -4.88. The third-order valence-electron chi connectivity index (χ3n) is 8.07. The molecule has 1 heterocycles. The summed E-state index contributed by atoms with van der Waals surface area (Å²) in [6, 6.07) is 48.5. The van der Waals surface area contributed by atoms with Gasteiger partial charge >= 0.3 is 0 Å². The van der Waals surface area contributed by atoms with Gasteiger partial charge in [0.2, 0.25) is 0 Å². The van der Waals surface area contributed by atoms with E-state index in [9.17, 15) is 0 Å². The largest absolute Gasteiger partial charge is 0.354 e. The van der Waals surface area contributed by atoms with E-state index in [-0.39, 0.29) is 0 Å². The normalized spacial score (nSPS) is 12.1. The molecule has 0 saturated carbocycles. The molecule has 1 heteroatoms. The predicted molar refractivity (Wildman–Crippen MR) is 160 cm³/mol. The van der Waals surface area contributed by atoms with Gasteiger partial charge in [-0.3, -0.25) is 0 Å². The van der Waals surface area contributed by atoms with Crippen molar-refractivity contribution < 1.29 is 0 Å². The molecule has 0 radical (unpaired) electrons. The number of benzene rings is 6. The molecule has 0 atom stereocenters. The fourth-order valence-corrected chi connectivity index (χ4v) is 6.40. The number of nitrogens with one attached hydrogen (secondary N) is 1. The van der Waals surface area contributed by atoms with Gasteiger partial charge in [0.1, 0.15) is 0 Å². The van der Waals surface area contributed by atoms with E-state index in [4.69, 9.17) is 0 Å². The zero-order valence-corrected chi connectivity index (χ0v) is 20.9. The minimum absolute atomic E-state index is 0.937. The summed E-state index contributed by atoms with van der Waals surface area (Å²) < 4.78 is 0. The first kappa shape index (κ1) is 21.2. The molecule has 1 aromatic heterocycles. The van der Waals surface area contributed by atoms with Gasteiger partial charge in [-0.05, 0) is 68.6 Å². The number of hydrogen-bond acceptors (Lipinski definition) is 0. The van der Waals surface area contributed by atoms with Gasteiger partial charge in [-0.1, -0.05) is 121 Å². The van der Waals surface area contributed by atoms with E-state index < -0.39 is 0 Å². The van der Waals surface area contributed by atoms with Crippen LogP contribution >= 0.6 is 0 Å². The minimum Gasteiger partial charge on any atom is -0.354 e. The molecule has 0 fully saturated rings. The first-order chi connectivity index (χ1) is 18.9. The van der Waals surface area contributed by atoms with Gasteiger partial charge in [0.15, 0.2) is 0 Å². The Balaban J connectivity index is 1.56. The Bertz CT molecular complexity index is 1980. The summed E-state index contributed by atoms with van der Waals surface area (Å²) in [4.78, 5) is 3.80. The van der Waals surface area contributed by atoms with Crippen molar-refractivity contribution in [2.45, 2.75) is 6.42 Å². The van der Waals surface area contributed by atoms with Crippen molar-refractivity contribution in [2.75, 3.05) is 0 Å². The molecule has 38 heavy (non-hydrogen) atoms. The average Bonchev–Trinajstić information content (AvgIpc) is 3.56. The number of para-hydroxylation sites is 2. The van der Waals surface area contributed by atoms with Crippen LogP contribution in [0.3, 0.4) is 0 Å². The Morgan fingerprint density at radius 1 is 0.447 bits per heavy atom. The molecular weight excluding hydrogens is 458 g/mol. The molecule has 0 amide bonds. The molecule has 1 aliphatic rings. The Kier molecular flexibility index (Phi) is 4.65. The monoisotopic (exact) mass is 483 g/mol. The van der Waals surface area contributed by atoms with E-state index >= 15 is 0 Å². The molecule has 8 rings (SSSR count). The predicted octanol–water partition coefficient (Wildman–Crippen LogP) is 9.89. The lowest BCUT2D eigenvalue weighted by Crippen LogP contribution is -1.97. The zero-order chi connectivity index (χ0) is 25.1. The zero-order valence-electron chi connectivity index (χ0n) is 20.9. The van der Waals surface area contributed by atoms with Gasteiger partial charge in [0.25, 0.3) is 0 Å². The molecule has 0 saturated heterocycles. The molecule has 1 aliphatic carbocycles. The van der Waals surface area contributed by atoms with Gasteiger partial charge in [-0.2, -0.15) is 0 Å². The topological polar surface area (TPSA) is 15.8 Å². The molecule has 0 unspecified atom stereocenters. The second-order valence-electron chi connectivity index (χ2n) is 10.2.